The van der Waals surface area contributed by atoms with Crippen molar-refractivity contribution in [2.45, 2.75) is 17.9 Å². The highest BCUT2D eigenvalue weighted by atomic mass is 35.5. The predicted molar refractivity (Wildman–Crippen MR) is 101 cm³/mol. The van der Waals surface area contributed by atoms with Crippen LogP contribution >= 0.6 is 23.2 Å². The van der Waals surface area contributed by atoms with E-state index in [9.17, 15) is 13.2 Å². The van der Waals surface area contributed by atoms with Gasteiger partial charge in [-0.2, -0.15) is 0 Å². The molecule has 0 fully saturated rings. The van der Waals surface area contributed by atoms with Crippen LogP contribution in [0.1, 0.15) is 6.92 Å². The van der Waals surface area contributed by atoms with Crippen LogP contribution in [0.3, 0.4) is 0 Å². The number of hydrogen-bond donors (Lipinski definition) is 0. The maximum Gasteiger partial charge on any atom is 0.265 e. The fourth-order valence-electron chi connectivity index (χ4n) is 2.33. The van der Waals surface area contributed by atoms with Crippen LogP contribution < -0.4 is 13.8 Å². The number of hydrogen-bond acceptors (Lipinski definition) is 5. The lowest BCUT2D eigenvalue weighted by atomic mass is 10.2. The third-order valence-corrected chi connectivity index (χ3v) is 6.14. The van der Waals surface area contributed by atoms with E-state index in [0.29, 0.717) is 10.8 Å². The molecule has 9 heteroatoms. The summed E-state index contributed by atoms with van der Waals surface area (Å²) in [5.74, 6) is 0.686. The quantitative estimate of drug-likeness (QED) is 0.641. The number of nitrogens with zero attached hydrogens (tertiary/aromatic N) is 1. The van der Waals surface area contributed by atoms with Crippen molar-refractivity contribution in [1.29, 1.82) is 0 Å². The second-order valence-corrected chi connectivity index (χ2v) is 7.90. The average Bonchev–Trinajstić information content (AvgIpc) is 2.62. The molecule has 2 aromatic carbocycles. The molecule has 0 aliphatic rings. The molecule has 0 saturated heterocycles. The van der Waals surface area contributed by atoms with Crippen LogP contribution in [0.5, 0.6) is 11.5 Å². The molecule has 0 aliphatic heterocycles. The Bertz CT molecular complexity index is 900. The van der Waals surface area contributed by atoms with Crippen molar-refractivity contribution < 1.29 is 22.7 Å². The van der Waals surface area contributed by atoms with Crippen molar-refractivity contribution >= 4 is 44.2 Å². The summed E-state index contributed by atoms with van der Waals surface area (Å²) in [6.45, 7) is 1.40. The van der Waals surface area contributed by atoms with E-state index in [1.54, 1.807) is 6.07 Å². The van der Waals surface area contributed by atoms with Crippen molar-refractivity contribution in [1.82, 2.24) is 0 Å². The van der Waals surface area contributed by atoms with Gasteiger partial charge in [0.1, 0.15) is 17.5 Å². The number of ether oxygens (including phenoxy) is 2. The van der Waals surface area contributed by atoms with Crippen molar-refractivity contribution in [2.24, 2.45) is 0 Å². The molecule has 0 bridgehead atoms. The van der Waals surface area contributed by atoms with Crippen LogP contribution in [-0.2, 0) is 14.8 Å². The molecule has 6 nitrogen and oxygen atoms in total. The summed E-state index contributed by atoms with van der Waals surface area (Å²) in [4.78, 5) is 11.7. The van der Waals surface area contributed by atoms with Gasteiger partial charge in [-0.25, -0.2) is 8.42 Å². The number of benzene rings is 2. The molecule has 0 aromatic heterocycles. The summed E-state index contributed by atoms with van der Waals surface area (Å²) in [5, 5.41) is -0.445. The van der Waals surface area contributed by atoms with Gasteiger partial charge in [0, 0.05) is 11.1 Å². The van der Waals surface area contributed by atoms with Crippen LogP contribution in [0.15, 0.2) is 47.4 Å². The van der Waals surface area contributed by atoms with Crippen LogP contribution in [0, 0.1) is 0 Å². The van der Waals surface area contributed by atoms with E-state index in [1.807, 2.05) is 0 Å². The minimum absolute atomic E-state index is 0.0375. The number of halogens is 2. The molecule has 0 spiro atoms. The van der Waals surface area contributed by atoms with Crippen molar-refractivity contribution in [3.05, 3.63) is 47.5 Å². The molecule has 0 saturated carbocycles. The third kappa shape index (κ3) is 4.06. The minimum Gasteiger partial charge on any atom is -0.497 e. The third-order valence-electron chi connectivity index (χ3n) is 3.67. The number of carbonyl (C=O) groups excluding carboxylic acids is 1. The second-order valence-electron chi connectivity index (χ2n) is 5.27. The molecule has 140 valence electrons. The highest BCUT2D eigenvalue weighted by Crippen LogP contribution is 2.37. The zero-order valence-electron chi connectivity index (χ0n) is 14.3. The normalized spacial score (nSPS) is 12.3. The van der Waals surface area contributed by atoms with Crippen molar-refractivity contribution in [2.75, 3.05) is 18.5 Å². The van der Waals surface area contributed by atoms with Gasteiger partial charge in [0.25, 0.3) is 10.0 Å². The highest BCUT2D eigenvalue weighted by Gasteiger charge is 2.34. The van der Waals surface area contributed by atoms with E-state index in [1.165, 1.54) is 57.5 Å². The van der Waals surface area contributed by atoms with Gasteiger partial charge < -0.3 is 9.47 Å². The van der Waals surface area contributed by atoms with E-state index in [-0.39, 0.29) is 16.3 Å². The highest BCUT2D eigenvalue weighted by molar-refractivity contribution is 7.93. The molecule has 0 radical (unpaired) electrons. The van der Waals surface area contributed by atoms with Gasteiger partial charge in [-0.15, -0.1) is 0 Å². The maximum absolute atomic E-state index is 13.2. The molecule has 0 N–H and O–H groups in total. The Kier molecular flexibility index (Phi) is 6.39. The molecular weight excluding hydrogens is 401 g/mol. The number of anilines is 1. The molecule has 2 aromatic rings. The number of carbonyl (C=O) groups is 1. The summed E-state index contributed by atoms with van der Waals surface area (Å²) in [6.07, 6.45) is 0. The first-order valence-electron chi connectivity index (χ1n) is 7.43. The lowest BCUT2D eigenvalue weighted by Gasteiger charge is -2.29. The Hall–Kier alpha value is -1.96. The summed E-state index contributed by atoms with van der Waals surface area (Å²) < 4.78 is 37.7. The summed E-state index contributed by atoms with van der Waals surface area (Å²) in [7, 11) is -1.26. The Labute approximate surface area is 162 Å². The van der Waals surface area contributed by atoms with Gasteiger partial charge in [-0.1, -0.05) is 11.6 Å². The topological polar surface area (TPSA) is 72.9 Å². The zero-order valence-corrected chi connectivity index (χ0v) is 16.6. The largest absolute Gasteiger partial charge is 0.497 e. The monoisotopic (exact) mass is 417 g/mol. The number of methoxy groups -OCH3 is 2. The van der Waals surface area contributed by atoms with Gasteiger partial charge in [-0.05, 0) is 54.9 Å². The van der Waals surface area contributed by atoms with Gasteiger partial charge >= 0.3 is 0 Å². The first-order valence-corrected chi connectivity index (χ1v) is 9.63. The van der Waals surface area contributed by atoms with E-state index < -0.39 is 21.3 Å². The van der Waals surface area contributed by atoms with Gasteiger partial charge in [0.2, 0.25) is 5.24 Å². The standard InChI is InChI=1S/C17H17Cl2NO5S/c1-11(17(19)21)20(15-9-6-13(24-2)10-16(15)25-3)26(22,23)14-7-4-12(18)5-8-14/h4-11H,1-3H3. The van der Waals surface area contributed by atoms with E-state index in [2.05, 4.69) is 0 Å². The molecule has 0 heterocycles. The Morgan fingerprint density at radius 1 is 1.08 bits per heavy atom. The molecule has 1 unspecified atom stereocenters. The summed E-state index contributed by atoms with van der Waals surface area (Å²) in [5.41, 5.74) is 0.157. The van der Waals surface area contributed by atoms with E-state index in [4.69, 9.17) is 32.7 Å². The first kappa shape index (κ1) is 20.4. The minimum atomic E-state index is -4.12. The molecular formula is C17H17Cl2NO5S. The fraction of sp³-hybridized carbons (Fsp3) is 0.235. The van der Waals surface area contributed by atoms with Gasteiger partial charge in [0.15, 0.2) is 0 Å². The average molecular weight is 418 g/mol. The maximum atomic E-state index is 13.2. The molecule has 0 aliphatic carbocycles. The lowest BCUT2D eigenvalue weighted by molar-refractivity contribution is -0.112. The Morgan fingerprint density at radius 2 is 1.69 bits per heavy atom. The van der Waals surface area contributed by atoms with Crippen LogP contribution in [0.2, 0.25) is 5.02 Å². The Morgan fingerprint density at radius 3 is 2.19 bits per heavy atom. The van der Waals surface area contributed by atoms with Crippen LogP contribution in [-0.4, -0.2) is 33.9 Å². The molecule has 0 amide bonds. The fourth-order valence-corrected chi connectivity index (χ4v) is 4.24. The lowest BCUT2D eigenvalue weighted by Crippen LogP contribution is -2.42. The van der Waals surface area contributed by atoms with Crippen molar-refractivity contribution in [3.8, 4) is 11.5 Å². The number of rotatable bonds is 7. The van der Waals surface area contributed by atoms with Gasteiger partial charge in [-0.3, -0.25) is 9.10 Å². The molecule has 26 heavy (non-hydrogen) atoms. The van der Waals surface area contributed by atoms with Crippen molar-refractivity contribution in [3.63, 3.8) is 0 Å². The number of sulfonamides is 1. The molecule has 1 atom stereocenters. The SMILES string of the molecule is COc1ccc(N(C(C)C(=O)Cl)S(=O)(=O)c2ccc(Cl)cc2)c(OC)c1. The second kappa shape index (κ2) is 8.16. The first-order chi connectivity index (χ1) is 12.2. The summed E-state index contributed by atoms with van der Waals surface area (Å²) >= 11 is 11.4. The van der Waals surface area contributed by atoms with Crippen LogP contribution in [0.25, 0.3) is 0 Å². The smallest absolute Gasteiger partial charge is 0.265 e. The predicted octanol–water partition coefficient (Wildman–Crippen LogP) is 3.71. The summed E-state index contributed by atoms with van der Waals surface area (Å²) in [6, 6.07) is 9.01. The Balaban J connectivity index is 2.68. The zero-order chi connectivity index (χ0) is 19.5. The van der Waals surface area contributed by atoms with E-state index >= 15 is 0 Å². The van der Waals surface area contributed by atoms with Crippen LogP contribution in [0.4, 0.5) is 5.69 Å². The molecule has 2 rings (SSSR count). The van der Waals surface area contributed by atoms with E-state index in [0.717, 1.165) is 4.31 Å². The van der Waals surface area contributed by atoms with Gasteiger partial charge in [0.05, 0.1) is 24.8 Å².